The van der Waals surface area contributed by atoms with Crippen LogP contribution in [0.2, 0.25) is 0 Å². The monoisotopic (exact) mass is 495 g/mol. The molecule has 188 valence electrons. The molecule has 0 aliphatic carbocycles. The fraction of sp³-hybridized carbons (Fsp3) is 0.172. The summed E-state index contributed by atoms with van der Waals surface area (Å²) in [5.41, 5.74) is 10.2. The highest BCUT2D eigenvalue weighted by atomic mass is 16.5. The van der Waals surface area contributed by atoms with Crippen LogP contribution in [-0.2, 0) is 4.79 Å². The van der Waals surface area contributed by atoms with Crippen molar-refractivity contribution in [2.75, 3.05) is 10.6 Å². The first kappa shape index (κ1) is 25.5. The summed E-state index contributed by atoms with van der Waals surface area (Å²) in [6, 6.07) is 26.6. The van der Waals surface area contributed by atoms with Gasteiger partial charge in [0.1, 0.15) is 0 Å². The van der Waals surface area contributed by atoms with E-state index in [1.54, 1.807) is 36.4 Å². The first-order chi connectivity index (χ1) is 17.9. The van der Waals surface area contributed by atoms with E-state index >= 15 is 0 Å². The molecule has 1 aromatic heterocycles. The number of carbonyl (C=O) groups is 2. The fourth-order valence-electron chi connectivity index (χ4n) is 3.68. The Bertz CT molecular complexity index is 1340. The lowest BCUT2D eigenvalue weighted by molar-refractivity contribution is -0.134. The Morgan fingerprint density at radius 2 is 1.49 bits per heavy atom. The van der Waals surface area contributed by atoms with Gasteiger partial charge in [-0.15, -0.1) is 10.2 Å². The van der Waals surface area contributed by atoms with E-state index in [4.69, 9.17) is 10.5 Å². The number of hydrogen-bond donors (Lipinski definition) is 3. The minimum absolute atomic E-state index is 0.00902. The minimum Gasteiger partial charge on any atom is -0.424 e. The van der Waals surface area contributed by atoms with Crippen LogP contribution >= 0.6 is 0 Å². The fourth-order valence-corrected chi connectivity index (χ4v) is 3.68. The Morgan fingerprint density at radius 3 is 2.16 bits per heavy atom. The molecule has 0 radical (unpaired) electrons. The molecule has 2 amide bonds. The summed E-state index contributed by atoms with van der Waals surface area (Å²) < 4.78 is 5.53. The van der Waals surface area contributed by atoms with E-state index in [1.165, 1.54) is 5.56 Å². The molecule has 0 aliphatic heterocycles. The molecule has 0 saturated heterocycles. The smallest absolute Gasteiger partial charge is 0.325 e. The normalized spacial score (nSPS) is 11.6. The molecule has 4 aromatic rings. The molecular weight excluding hydrogens is 466 g/mol. The topological polar surface area (TPSA) is 119 Å². The number of para-hydroxylation sites is 2. The number of esters is 1. The lowest BCUT2D eigenvalue weighted by Gasteiger charge is -2.15. The van der Waals surface area contributed by atoms with Crippen LogP contribution in [0.4, 0.5) is 16.3 Å². The summed E-state index contributed by atoms with van der Waals surface area (Å²) in [4.78, 5) is 25.2. The highest BCUT2D eigenvalue weighted by Gasteiger charge is 2.16. The SMILES string of the molecule is CC(C)c1ccc(C(N)CC(=O)Oc2ccccc2NC(=O)Nc2ccc(-c3ccccc3)nn2)cc1. The third-order valence-corrected chi connectivity index (χ3v) is 5.75. The molecule has 3 aromatic carbocycles. The number of nitrogens with two attached hydrogens (primary N) is 1. The van der Waals surface area contributed by atoms with Gasteiger partial charge in [-0.1, -0.05) is 80.6 Å². The molecule has 8 nitrogen and oxygen atoms in total. The number of rotatable bonds is 8. The number of amides is 2. The van der Waals surface area contributed by atoms with Crippen LogP contribution in [0.15, 0.2) is 91.0 Å². The molecule has 1 heterocycles. The van der Waals surface area contributed by atoms with E-state index in [0.29, 0.717) is 17.3 Å². The third kappa shape index (κ3) is 6.99. The Morgan fingerprint density at radius 1 is 0.811 bits per heavy atom. The van der Waals surface area contributed by atoms with Gasteiger partial charge in [-0.25, -0.2) is 4.79 Å². The van der Waals surface area contributed by atoms with Gasteiger partial charge >= 0.3 is 12.0 Å². The number of carbonyl (C=O) groups excluding carboxylic acids is 2. The van der Waals surface area contributed by atoms with Crippen molar-refractivity contribution < 1.29 is 14.3 Å². The van der Waals surface area contributed by atoms with Gasteiger partial charge < -0.3 is 15.8 Å². The number of hydrogen-bond acceptors (Lipinski definition) is 6. The molecule has 1 atom stereocenters. The zero-order valence-electron chi connectivity index (χ0n) is 20.7. The summed E-state index contributed by atoms with van der Waals surface area (Å²) >= 11 is 0. The number of aromatic nitrogens is 2. The molecule has 4 N–H and O–H groups in total. The van der Waals surface area contributed by atoms with E-state index < -0.39 is 18.0 Å². The molecule has 8 heteroatoms. The van der Waals surface area contributed by atoms with Crippen LogP contribution in [0.25, 0.3) is 11.3 Å². The van der Waals surface area contributed by atoms with Crippen molar-refractivity contribution in [1.29, 1.82) is 0 Å². The standard InChI is InChI=1S/C29H29N5O3/c1-19(2)20-12-14-21(15-13-20)23(30)18-28(35)37-26-11-7-6-10-25(26)31-29(36)32-27-17-16-24(33-34-27)22-8-4-3-5-9-22/h3-17,19,23H,18,30H2,1-2H3,(H2,31,32,34,36). The number of urea groups is 1. The molecule has 1 unspecified atom stereocenters. The van der Waals surface area contributed by atoms with Crippen LogP contribution in [0.1, 0.15) is 43.4 Å². The van der Waals surface area contributed by atoms with E-state index in [9.17, 15) is 9.59 Å². The molecule has 0 aliphatic rings. The second-order valence-electron chi connectivity index (χ2n) is 8.85. The summed E-state index contributed by atoms with van der Waals surface area (Å²) in [7, 11) is 0. The van der Waals surface area contributed by atoms with Crippen molar-refractivity contribution in [3.8, 4) is 17.0 Å². The summed E-state index contributed by atoms with van der Waals surface area (Å²) in [6.45, 7) is 4.24. The Balaban J connectivity index is 1.34. The summed E-state index contributed by atoms with van der Waals surface area (Å²) in [6.07, 6.45) is -0.00902. The van der Waals surface area contributed by atoms with Crippen LogP contribution in [0.5, 0.6) is 5.75 Å². The van der Waals surface area contributed by atoms with E-state index in [2.05, 4.69) is 34.7 Å². The minimum atomic E-state index is -0.549. The number of nitrogens with zero attached hydrogens (tertiary/aromatic N) is 2. The van der Waals surface area contributed by atoms with Gasteiger partial charge in [-0.3, -0.25) is 10.1 Å². The largest absolute Gasteiger partial charge is 0.424 e. The summed E-state index contributed by atoms with van der Waals surface area (Å²) in [5, 5.41) is 13.5. The lowest BCUT2D eigenvalue weighted by Crippen LogP contribution is -2.22. The number of benzene rings is 3. The molecule has 0 bridgehead atoms. The highest BCUT2D eigenvalue weighted by Crippen LogP contribution is 2.26. The maximum atomic E-state index is 12.6. The highest BCUT2D eigenvalue weighted by molar-refractivity contribution is 6.00. The van der Waals surface area contributed by atoms with Gasteiger partial charge in [0.05, 0.1) is 17.8 Å². The van der Waals surface area contributed by atoms with Gasteiger partial charge in [-0.05, 0) is 41.3 Å². The lowest BCUT2D eigenvalue weighted by atomic mass is 9.98. The maximum Gasteiger partial charge on any atom is 0.325 e. The van der Waals surface area contributed by atoms with Gasteiger partial charge in [0.15, 0.2) is 11.6 Å². The average Bonchev–Trinajstić information content (AvgIpc) is 2.90. The Kier molecular flexibility index (Phi) is 8.22. The van der Waals surface area contributed by atoms with E-state index in [1.807, 2.05) is 54.6 Å². The van der Waals surface area contributed by atoms with Crippen LogP contribution in [-0.4, -0.2) is 22.2 Å². The van der Waals surface area contributed by atoms with Crippen LogP contribution in [0, 0.1) is 0 Å². The van der Waals surface area contributed by atoms with Crippen molar-refractivity contribution in [2.24, 2.45) is 5.73 Å². The first-order valence-electron chi connectivity index (χ1n) is 12.0. The first-order valence-corrected chi connectivity index (χ1v) is 12.0. The third-order valence-electron chi connectivity index (χ3n) is 5.75. The predicted molar refractivity (Wildman–Crippen MR) is 144 cm³/mol. The zero-order valence-corrected chi connectivity index (χ0v) is 20.7. The van der Waals surface area contributed by atoms with Crippen LogP contribution in [0.3, 0.4) is 0 Å². The van der Waals surface area contributed by atoms with Crippen molar-refractivity contribution in [3.63, 3.8) is 0 Å². The van der Waals surface area contributed by atoms with Crippen molar-refractivity contribution in [3.05, 3.63) is 102 Å². The van der Waals surface area contributed by atoms with Gasteiger partial charge in [0.25, 0.3) is 0 Å². The average molecular weight is 496 g/mol. The summed E-state index contributed by atoms with van der Waals surface area (Å²) in [5.74, 6) is 0.409. The van der Waals surface area contributed by atoms with Gasteiger partial charge in [0.2, 0.25) is 0 Å². The van der Waals surface area contributed by atoms with Crippen molar-refractivity contribution in [1.82, 2.24) is 10.2 Å². The second-order valence-corrected chi connectivity index (χ2v) is 8.85. The molecular formula is C29H29N5O3. The van der Waals surface area contributed by atoms with E-state index in [0.717, 1.165) is 11.1 Å². The van der Waals surface area contributed by atoms with Gasteiger partial charge in [-0.2, -0.15) is 0 Å². The van der Waals surface area contributed by atoms with Crippen LogP contribution < -0.4 is 21.1 Å². The zero-order chi connectivity index (χ0) is 26.2. The predicted octanol–water partition coefficient (Wildman–Crippen LogP) is 5.91. The van der Waals surface area contributed by atoms with Crippen molar-refractivity contribution in [2.45, 2.75) is 32.2 Å². The molecule has 0 spiro atoms. The Hall–Kier alpha value is -4.56. The maximum absolute atomic E-state index is 12.6. The van der Waals surface area contributed by atoms with Crippen molar-refractivity contribution >= 4 is 23.5 Å². The molecule has 37 heavy (non-hydrogen) atoms. The number of nitrogens with one attached hydrogen (secondary N) is 2. The number of anilines is 2. The number of ether oxygens (including phenoxy) is 1. The molecule has 0 fully saturated rings. The quantitative estimate of drug-likeness (QED) is 0.207. The molecule has 4 rings (SSSR count). The second kappa shape index (κ2) is 11.9. The molecule has 0 saturated carbocycles. The van der Waals surface area contributed by atoms with Gasteiger partial charge in [0, 0.05) is 11.6 Å². The van der Waals surface area contributed by atoms with E-state index in [-0.39, 0.29) is 18.0 Å². The Labute approximate surface area is 215 Å².